The molecule has 0 radical (unpaired) electrons. The largest absolute Gasteiger partial charge is 0.434 e. The summed E-state index contributed by atoms with van der Waals surface area (Å²) < 4.78 is 86.6. The molecule has 4 rings (SSSR count). The Hall–Kier alpha value is -2.16. The van der Waals surface area contributed by atoms with Crippen LogP contribution in [0.2, 0.25) is 0 Å². The third-order valence-electron chi connectivity index (χ3n) is 6.73. The maximum absolute atomic E-state index is 14.3. The Morgan fingerprint density at radius 2 is 1.82 bits per heavy atom. The standard InChI is InChI=1S/C22H21F6N3OS/c23-21(24,25)17-13-33-18(30-17)12-31-9-7-19(14-31,20(8-10-32-20)22(26,27)28)6-5-15-1-3-16(11-29)4-2-15/h1-4,13H,5-10,12,14H2/t19-,20?/m1/s1. The molecule has 11 heteroatoms. The first-order valence-corrected chi connectivity index (χ1v) is 11.3. The molecule has 2 aliphatic heterocycles. The van der Waals surface area contributed by atoms with Crippen LogP contribution >= 0.6 is 11.3 Å². The normalized spacial score (nSPS) is 26.2. The number of alkyl halides is 6. The molecule has 0 bridgehead atoms. The van der Waals surface area contributed by atoms with Gasteiger partial charge in [-0.25, -0.2) is 4.98 Å². The molecule has 0 saturated carbocycles. The Kier molecular flexibility index (Phi) is 6.22. The molecule has 1 aromatic heterocycles. The lowest BCUT2D eigenvalue weighted by molar-refractivity contribution is -0.366. The van der Waals surface area contributed by atoms with Gasteiger partial charge in [-0.1, -0.05) is 12.1 Å². The monoisotopic (exact) mass is 489 g/mol. The van der Waals surface area contributed by atoms with Crippen LogP contribution < -0.4 is 0 Å². The lowest BCUT2D eigenvalue weighted by Crippen LogP contribution is -2.67. The summed E-state index contributed by atoms with van der Waals surface area (Å²) in [5, 5.41) is 10.1. The SMILES string of the molecule is N#Cc1ccc(CC[C@@]2(C3(C(F)(F)F)CCO3)CCN(Cc3nc(C(F)(F)F)cs3)C2)cc1. The summed E-state index contributed by atoms with van der Waals surface area (Å²) in [7, 11) is 0. The van der Waals surface area contributed by atoms with Gasteiger partial charge in [0.1, 0.15) is 5.01 Å². The molecule has 0 N–H and O–H groups in total. The van der Waals surface area contributed by atoms with Crippen LogP contribution in [-0.4, -0.2) is 41.4 Å². The molecule has 2 saturated heterocycles. The van der Waals surface area contributed by atoms with E-state index in [9.17, 15) is 26.3 Å². The van der Waals surface area contributed by atoms with Crippen LogP contribution in [0.1, 0.15) is 41.1 Å². The van der Waals surface area contributed by atoms with E-state index in [1.54, 1.807) is 29.2 Å². The van der Waals surface area contributed by atoms with Crippen LogP contribution in [0.3, 0.4) is 0 Å². The molecular formula is C22H21F6N3OS. The highest BCUT2D eigenvalue weighted by Crippen LogP contribution is 2.59. The van der Waals surface area contributed by atoms with E-state index < -0.39 is 29.1 Å². The first kappa shape index (κ1) is 24.0. The van der Waals surface area contributed by atoms with Crippen molar-refractivity contribution in [2.24, 2.45) is 5.41 Å². The quantitative estimate of drug-likeness (QED) is 0.497. The van der Waals surface area contributed by atoms with Crippen LogP contribution in [0.15, 0.2) is 29.6 Å². The van der Waals surface area contributed by atoms with E-state index in [1.165, 1.54) is 0 Å². The van der Waals surface area contributed by atoms with E-state index in [0.29, 0.717) is 18.5 Å². The van der Waals surface area contributed by atoms with Gasteiger partial charge in [0.05, 0.1) is 24.8 Å². The molecule has 0 amide bonds. The summed E-state index contributed by atoms with van der Waals surface area (Å²) in [6.07, 6.45) is -8.44. The molecule has 0 spiro atoms. The van der Waals surface area contributed by atoms with E-state index in [1.807, 2.05) is 6.07 Å². The number of likely N-dealkylation sites (tertiary alicyclic amines) is 1. The second-order valence-corrected chi connectivity index (χ2v) is 9.54. The topological polar surface area (TPSA) is 49.1 Å². The predicted octanol–water partition coefficient (Wildman–Crippen LogP) is 5.58. The Bertz CT molecular complexity index is 1020. The second kappa shape index (κ2) is 8.56. The number of ether oxygens (including phenoxy) is 1. The minimum atomic E-state index is -4.56. The first-order chi connectivity index (χ1) is 15.5. The van der Waals surface area contributed by atoms with E-state index in [-0.39, 0.29) is 44.0 Å². The predicted molar refractivity (Wildman–Crippen MR) is 108 cm³/mol. The summed E-state index contributed by atoms with van der Waals surface area (Å²) in [4.78, 5) is 5.36. The van der Waals surface area contributed by atoms with Gasteiger partial charge in [0.15, 0.2) is 11.3 Å². The van der Waals surface area contributed by atoms with Crippen LogP contribution in [0.25, 0.3) is 0 Å². The van der Waals surface area contributed by atoms with Gasteiger partial charge in [0, 0.05) is 23.8 Å². The second-order valence-electron chi connectivity index (χ2n) is 8.60. The number of nitriles is 1. The summed E-state index contributed by atoms with van der Waals surface area (Å²) in [6.45, 7) is 0.464. The van der Waals surface area contributed by atoms with Gasteiger partial charge < -0.3 is 4.74 Å². The van der Waals surface area contributed by atoms with Gasteiger partial charge in [-0.2, -0.15) is 31.6 Å². The van der Waals surface area contributed by atoms with Crippen LogP contribution in [-0.2, 0) is 23.9 Å². The van der Waals surface area contributed by atoms with Crippen molar-refractivity contribution in [1.82, 2.24) is 9.88 Å². The van der Waals surface area contributed by atoms with Crippen molar-refractivity contribution in [3.05, 3.63) is 51.5 Å². The molecular weight excluding hydrogens is 468 g/mol. The molecule has 4 nitrogen and oxygen atoms in total. The summed E-state index contributed by atoms with van der Waals surface area (Å²) in [5.41, 5.74) is -3.18. The van der Waals surface area contributed by atoms with Gasteiger partial charge in [0.25, 0.3) is 0 Å². The third kappa shape index (κ3) is 4.48. The zero-order chi connectivity index (χ0) is 23.9. The molecule has 2 aliphatic rings. The Morgan fingerprint density at radius 3 is 2.33 bits per heavy atom. The number of thiazole rings is 1. The maximum Gasteiger partial charge on any atom is 0.434 e. The molecule has 2 aromatic rings. The smallest absolute Gasteiger partial charge is 0.365 e. The van der Waals surface area contributed by atoms with Crippen molar-refractivity contribution in [2.45, 2.75) is 50.2 Å². The van der Waals surface area contributed by atoms with E-state index in [4.69, 9.17) is 10.00 Å². The zero-order valence-corrected chi connectivity index (χ0v) is 18.3. The van der Waals surface area contributed by atoms with Crippen LogP contribution in [0.4, 0.5) is 26.3 Å². The maximum atomic E-state index is 14.3. The van der Waals surface area contributed by atoms with Crippen LogP contribution in [0, 0.1) is 16.7 Å². The molecule has 0 aliphatic carbocycles. The van der Waals surface area contributed by atoms with E-state index in [2.05, 4.69) is 4.98 Å². The Balaban J connectivity index is 1.55. The van der Waals surface area contributed by atoms with Crippen molar-refractivity contribution in [3.8, 4) is 6.07 Å². The number of aryl methyl sites for hydroxylation is 1. The Labute approximate surface area is 190 Å². The van der Waals surface area contributed by atoms with E-state index in [0.717, 1.165) is 22.3 Å². The number of halogens is 6. The highest BCUT2D eigenvalue weighted by molar-refractivity contribution is 7.09. The summed E-state index contributed by atoms with van der Waals surface area (Å²) in [6, 6.07) is 8.73. The zero-order valence-electron chi connectivity index (χ0n) is 17.5. The van der Waals surface area contributed by atoms with Gasteiger partial charge in [0.2, 0.25) is 0 Å². The summed E-state index contributed by atoms with van der Waals surface area (Å²) >= 11 is 0.857. The molecule has 2 atom stereocenters. The van der Waals surface area contributed by atoms with Crippen molar-refractivity contribution in [2.75, 3.05) is 19.7 Å². The van der Waals surface area contributed by atoms with Gasteiger partial charge >= 0.3 is 12.4 Å². The Morgan fingerprint density at radius 1 is 1.12 bits per heavy atom. The fourth-order valence-corrected chi connectivity index (χ4v) is 5.75. The third-order valence-corrected chi connectivity index (χ3v) is 7.56. The van der Waals surface area contributed by atoms with Crippen molar-refractivity contribution in [3.63, 3.8) is 0 Å². The molecule has 2 fully saturated rings. The van der Waals surface area contributed by atoms with Crippen LogP contribution in [0.5, 0.6) is 0 Å². The number of aromatic nitrogens is 1. The number of hydrogen-bond donors (Lipinski definition) is 0. The van der Waals surface area contributed by atoms with Crippen molar-refractivity contribution < 1.29 is 31.1 Å². The fraction of sp³-hybridized carbons (Fsp3) is 0.545. The first-order valence-electron chi connectivity index (χ1n) is 10.4. The fourth-order valence-electron chi connectivity index (χ4n) is 4.91. The highest BCUT2D eigenvalue weighted by Gasteiger charge is 2.71. The van der Waals surface area contributed by atoms with Crippen molar-refractivity contribution >= 4 is 11.3 Å². The molecule has 178 valence electrons. The molecule has 3 heterocycles. The van der Waals surface area contributed by atoms with Gasteiger partial charge in [-0.15, -0.1) is 11.3 Å². The van der Waals surface area contributed by atoms with E-state index >= 15 is 0 Å². The molecule has 1 aromatic carbocycles. The number of benzene rings is 1. The average Bonchev–Trinajstić information content (AvgIpc) is 3.33. The lowest BCUT2D eigenvalue weighted by atomic mass is 9.63. The van der Waals surface area contributed by atoms with Gasteiger partial charge in [-0.05, 0) is 43.5 Å². The van der Waals surface area contributed by atoms with Crippen molar-refractivity contribution in [1.29, 1.82) is 5.26 Å². The highest BCUT2D eigenvalue weighted by atomic mass is 32.1. The average molecular weight is 489 g/mol. The minimum absolute atomic E-state index is 0.0273. The number of rotatable bonds is 6. The lowest BCUT2D eigenvalue weighted by Gasteiger charge is -2.54. The van der Waals surface area contributed by atoms with Gasteiger partial charge in [-0.3, -0.25) is 4.90 Å². The molecule has 33 heavy (non-hydrogen) atoms. The number of nitrogens with zero attached hydrogens (tertiary/aromatic N) is 3. The minimum Gasteiger partial charge on any atom is -0.365 e. The summed E-state index contributed by atoms with van der Waals surface area (Å²) in [5.74, 6) is 0. The molecule has 1 unspecified atom stereocenters. The number of hydrogen-bond acceptors (Lipinski definition) is 5.